The molecule has 1 amide bonds. The minimum atomic E-state index is -0.307. The summed E-state index contributed by atoms with van der Waals surface area (Å²) in [6.45, 7) is 2.26. The topological polar surface area (TPSA) is 70.9 Å². The first-order valence-electron chi connectivity index (χ1n) is 8.72. The van der Waals surface area contributed by atoms with Crippen LogP contribution < -0.4 is 10.2 Å². The zero-order valence-corrected chi connectivity index (χ0v) is 16.8. The van der Waals surface area contributed by atoms with Crippen LogP contribution in [0.5, 0.6) is 11.5 Å². The lowest BCUT2D eigenvalue weighted by Gasteiger charge is -2.08. The molecule has 3 rings (SSSR count). The van der Waals surface area contributed by atoms with Crippen LogP contribution in [0.2, 0.25) is 0 Å². The summed E-state index contributed by atoms with van der Waals surface area (Å²) in [4.78, 5) is 12.3. The predicted molar refractivity (Wildman–Crippen MR) is 114 cm³/mol. The number of halogens is 1. The molecule has 3 aromatic carbocycles. The van der Waals surface area contributed by atoms with E-state index in [1.165, 1.54) is 6.21 Å². The number of benzene rings is 3. The summed E-state index contributed by atoms with van der Waals surface area (Å²) >= 11 is 3.27. The second kappa shape index (κ2) is 9.19. The highest BCUT2D eigenvalue weighted by Crippen LogP contribution is 2.35. The largest absolute Gasteiger partial charge is 0.503 e. The second-order valence-electron chi connectivity index (χ2n) is 5.92. The van der Waals surface area contributed by atoms with Gasteiger partial charge in [-0.2, -0.15) is 5.10 Å². The Bertz CT molecular complexity index is 987. The number of carbonyl (C=O) groups excluding carboxylic acids is 1. The number of ether oxygens (including phenoxy) is 1. The Morgan fingerprint density at radius 1 is 1.11 bits per heavy atom. The number of hydrogen-bond acceptors (Lipinski definition) is 4. The first-order chi connectivity index (χ1) is 13.6. The van der Waals surface area contributed by atoms with Crippen molar-refractivity contribution in [2.24, 2.45) is 5.10 Å². The molecule has 0 bridgehead atoms. The number of aromatic hydroxyl groups is 1. The van der Waals surface area contributed by atoms with E-state index in [0.717, 1.165) is 11.1 Å². The molecule has 6 heteroatoms. The third-order valence-electron chi connectivity index (χ3n) is 3.98. The van der Waals surface area contributed by atoms with Crippen molar-refractivity contribution in [3.05, 3.63) is 82.3 Å². The fourth-order valence-corrected chi connectivity index (χ4v) is 3.07. The lowest BCUT2D eigenvalue weighted by atomic mass is 10.0. The van der Waals surface area contributed by atoms with E-state index in [-0.39, 0.29) is 11.7 Å². The van der Waals surface area contributed by atoms with Crippen molar-refractivity contribution in [3.8, 4) is 22.6 Å². The third kappa shape index (κ3) is 4.78. The first kappa shape index (κ1) is 19.6. The molecule has 0 radical (unpaired) electrons. The maximum Gasteiger partial charge on any atom is 0.271 e. The van der Waals surface area contributed by atoms with E-state index in [4.69, 9.17) is 4.74 Å². The first-order valence-corrected chi connectivity index (χ1v) is 9.52. The van der Waals surface area contributed by atoms with Crippen molar-refractivity contribution in [2.45, 2.75) is 6.92 Å². The zero-order valence-electron chi connectivity index (χ0n) is 15.2. The Labute approximate surface area is 171 Å². The van der Waals surface area contributed by atoms with Gasteiger partial charge in [-0.25, -0.2) is 5.43 Å². The third-order valence-corrected chi connectivity index (χ3v) is 4.59. The highest BCUT2D eigenvalue weighted by atomic mass is 79.9. The van der Waals surface area contributed by atoms with Crippen LogP contribution in [0.15, 0.2) is 76.3 Å². The molecule has 0 saturated carbocycles. The number of hydrazone groups is 1. The molecular weight excluding hydrogens is 420 g/mol. The molecule has 0 unspecified atom stereocenters. The van der Waals surface area contributed by atoms with Gasteiger partial charge in [-0.3, -0.25) is 4.79 Å². The van der Waals surface area contributed by atoms with E-state index < -0.39 is 0 Å². The van der Waals surface area contributed by atoms with Crippen LogP contribution in [0.4, 0.5) is 0 Å². The number of carbonyl (C=O) groups is 1. The number of nitrogens with one attached hydrogen (secondary N) is 1. The minimum Gasteiger partial charge on any atom is -0.503 e. The molecule has 0 spiro atoms. The van der Waals surface area contributed by atoms with Crippen molar-refractivity contribution in [1.29, 1.82) is 0 Å². The fourth-order valence-electron chi connectivity index (χ4n) is 2.61. The molecule has 0 fully saturated rings. The van der Waals surface area contributed by atoms with Crippen molar-refractivity contribution < 1.29 is 14.6 Å². The lowest BCUT2D eigenvalue weighted by Crippen LogP contribution is -2.17. The smallest absolute Gasteiger partial charge is 0.271 e. The van der Waals surface area contributed by atoms with Crippen molar-refractivity contribution in [3.63, 3.8) is 0 Å². The monoisotopic (exact) mass is 438 g/mol. The second-order valence-corrected chi connectivity index (χ2v) is 6.78. The zero-order chi connectivity index (χ0) is 19.9. The summed E-state index contributed by atoms with van der Waals surface area (Å²) in [6.07, 6.45) is 1.49. The van der Waals surface area contributed by atoms with E-state index in [2.05, 4.69) is 26.5 Å². The van der Waals surface area contributed by atoms with Crippen LogP contribution in [0, 0.1) is 0 Å². The fraction of sp³-hybridized carbons (Fsp3) is 0.0909. The molecule has 28 heavy (non-hydrogen) atoms. The SMILES string of the molecule is CCOc1cc(C=NNC(=O)c2ccc(-c3ccccc3)cc2)cc(Br)c1O. The van der Waals surface area contributed by atoms with Gasteiger partial charge in [0, 0.05) is 5.56 Å². The molecule has 142 valence electrons. The quantitative estimate of drug-likeness (QED) is 0.420. The number of amides is 1. The molecular formula is C22H19BrN2O3. The highest BCUT2D eigenvalue weighted by molar-refractivity contribution is 9.10. The van der Waals surface area contributed by atoms with Crippen LogP contribution in [-0.4, -0.2) is 23.8 Å². The van der Waals surface area contributed by atoms with Crippen molar-refractivity contribution >= 4 is 28.1 Å². The van der Waals surface area contributed by atoms with Crippen LogP contribution in [0.25, 0.3) is 11.1 Å². The molecule has 0 aliphatic carbocycles. The molecule has 0 heterocycles. The maximum absolute atomic E-state index is 12.3. The van der Waals surface area contributed by atoms with Gasteiger partial charge in [0.25, 0.3) is 5.91 Å². The molecule has 2 N–H and O–H groups in total. The van der Waals surface area contributed by atoms with Crippen LogP contribution >= 0.6 is 15.9 Å². The molecule has 0 atom stereocenters. The van der Waals surface area contributed by atoms with E-state index in [1.807, 2.05) is 49.4 Å². The van der Waals surface area contributed by atoms with E-state index >= 15 is 0 Å². The van der Waals surface area contributed by atoms with Crippen LogP contribution in [0.3, 0.4) is 0 Å². The Hall–Kier alpha value is -3.12. The van der Waals surface area contributed by atoms with Crippen molar-refractivity contribution in [2.75, 3.05) is 6.61 Å². The van der Waals surface area contributed by atoms with Crippen LogP contribution in [0.1, 0.15) is 22.8 Å². The van der Waals surface area contributed by atoms with Gasteiger partial charge >= 0.3 is 0 Å². The van der Waals surface area contributed by atoms with Gasteiger partial charge in [-0.05, 0) is 63.8 Å². The van der Waals surface area contributed by atoms with Crippen LogP contribution in [-0.2, 0) is 0 Å². The normalized spacial score (nSPS) is 10.8. The van der Waals surface area contributed by atoms with Gasteiger partial charge in [0.1, 0.15) is 0 Å². The van der Waals surface area contributed by atoms with Gasteiger partial charge in [0.15, 0.2) is 11.5 Å². The molecule has 3 aromatic rings. The summed E-state index contributed by atoms with van der Waals surface area (Å²) in [5.74, 6) is 0.0708. The van der Waals surface area contributed by atoms with E-state index in [9.17, 15) is 9.90 Å². The minimum absolute atomic E-state index is 0.0292. The lowest BCUT2D eigenvalue weighted by molar-refractivity contribution is 0.0955. The number of phenolic OH excluding ortho intramolecular Hbond substituents is 1. The Balaban J connectivity index is 1.67. The highest BCUT2D eigenvalue weighted by Gasteiger charge is 2.09. The number of hydrogen-bond donors (Lipinski definition) is 2. The summed E-state index contributed by atoms with van der Waals surface area (Å²) < 4.78 is 5.86. The van der Waals surface area contributed by atoms with Gasteiger partial charge in [0.05, 0.1) is 17.3 Å². The standard InChI is InChI=1S/C22H19BrN2O3/c1-2-28-20-13-15(12-19(23)21(20)26)14-24-25-22(27)18-10-8-17(9-11-18)16-6-4-3-5-7-16/h3-14,26H,2H2,1H3,(H,25,27). The van der Waals surface area contributed by atoms with Gasteiger partial charge < -0.3 is 9.84 Å². The number of phenols is 1. The maximum atomic E-state index is 12.3. The number of rotatable bonds is 6. The van der Waals surface area contributed by atoms with Crippen molar-refractivity contribution in [1.82, 2.24) is 5.43 Å². The number of nitrogens with zero attached hydrogens (tertiary/aromatic N) is 1. The van der Waals surface area contributed by atoms with Gasteiger partial charge in [0.2, 0.25) is 0 Å². The summed E-state index contributed by atoms with van der Waals surface area (Å²) in [7, 11) is 0. The Morgan fingerprint density at radius 3 is 2.46 bits per heavy atom. The average molecular weight is 439 g/mol. The Morgan fingerprint density at radius 2 is 1.79 bits per heavy atom. The molecule has 0 aromatic heterocycles. The van der Waals surface area contributed by atoms with Gasteiger partial charge in [-0.15, -0.1) is 0 Å². The van der Waals surface area contributed by atoms with E-state index in [0.29, 0.717) is 28.0 Å². The summed E-state index contributed by atoms with van der Waals surface area (Å²) in [5, 5.41) is 13.9. The summed E-state index contributed by atoms with van der Waals surface area (Å²) in [5.41, 5.74) is 5.82. The Kier molecular flexibility index (Phi) is 6.45. The summed E-state index contributed by atoms with van der Waals surface area (Å²) in [6, 6.07) is 20.6. The average Bonchev–Trinajstić information content (AvgIpc) is 2.72. The molecule has 5 nitrogen and oxygen atoms in total. The predicted octanol–water partition coefficient (Wildman–Crippen LogP) is 4.98. The molecule has 0 saturated heterocycles. The molecule has 0 aliphatic rings. The van der Waals surface area contributed by atoms with Gasteiger partial charge in [-0.1, -0.05) is 42.5 Å². The van der Waals surface area contributed by atoms with E-state index in [1.54, 1.807) is 24.3 Å². The molecule has 0 aliphatic heterocycles.